The van der Waals surface area contributed by atoms with Crippen molar-refractivity contribution in [1.29, 1.82) is 0 Å². The summed E-state index contributed by atoms with van der Waals surface area (Å²) in [4.78, 5) is 14.7. The van der Waals surface area contributed by atoms with E-state index in [1.165, 1.54) is 31.5 Å². The molecule has 0 saturated heterocycles. The van der Waals surface area contributed by atoms with Gasteiger partial charge in [0.25, 0.3) is 5.69 Å². The summed E-state index contributed by atoms with van der Waals surface area (Å²) in [6, 6.07) is 9.05. The van der Waals surface area contributed by atoms with Gasteiger partial charge < -0.3 is 9.47 Å². The van der Waals surface area contributed by atoms with Gasteiger partial charge >= 0.3 is 6.18 Å². The smallest absolute Gasteiger partial charge is 0.416 e. The molecule has 0 unspecified atom stereocenters. The van der Waals surface area contributed by atoms with Crippen LogP contribution >= 0.6 is 0 Å². The predicted molar refractivity (Wildman–Crippen MR) is 90.7 cm³/mol. The van der Waals surface area contributed by atoms with Gasteiger partial charge in [0.1, 0.15) is 6.61 Å². The number of rotatable bonds is 5. The van der Waals surface area contributed by atoms with Crippen molar-refractivity contribution < 1.29 is 27.6 Å². The third-order valence-electron chi connectivity index (χ3n) is 3.84. The van der Waals surface area contributed by atoms with Crippen LogP contribution in [-0.2, 0) is 12.8 Å². The summed E-state index contributed by atoms with van der Waals surface area (Å²) in [6.07, 6.45) is -3.06. The molecule has 0 aliphatic carbocycles. The van der Waals surface area contributed by atoms with Crippen molar-refractivity contribution >= 4 is 16.6 Å². The van der Waals surface area contributed by atoms with Crippen LogP contribution in [0.25, 0.3) is 10.9 Å². The SMILES string of the molecule is COc1cc([N+](=O)[O-])c2ncccc2c1OCc1cccc(C(F)(F)F)c1. The van der Waals surface area contributed by atoms with Crippen LogP contribution in [0, 0.1) is 10.1 Å². The Morgan fingerprint density at radius 3 is 2.63 bits per heavy atom. The van der Waals surface area contributed by atoms with Gasteiger partial charge in [-0.2, -0.15) is 13.2 Å². The van der Waals surface area contributed by atoms with Crippen molar-refractivity contribution in [3.8, 4) is 11.5 Å². The first-order chi connectivity index (χ1) is 12.8. The van der Waals surface area contributed by atoms with Crippen molar-refractivity contribution in [2.24, 2.45) is 0 Å². The van der Waals surface area contributed by atoms with Crippen LogP contribution < -0.4 is 9.47 Å². The molecule has 0 aliphatic heterocycles. The molecule has 6 nitrogen and oxygen atoms in total. The van der Waals surface area contributed by atoms with Crippen LogP contribution in [0.2, 0.25) is 0 Å². The summed E-state index contributed by atoms with van der Waals surface area (Å²) in [5.74, 6) is 0.262. The lowest BCUT2D eigenvalue weighted by atomic mass is 10.1. The third-order valence-corrected chi connectivity index (χ3v) is 3.84. The Balaban J connectivity index is 2.00. The number of fused-ring (bicyclic) bond motifs is 1. The normalized spacial score (nSPS) is 11.4. The highest BCUT2D eigenvalue weighted by atomic mass is 19.4. The molecule has 3 rings (SSSR count). The fourth-order valence-corrected chi connectivity index (χ4v) is 2.62. The molecule has 0 radical (unpaired) electrons. The number of hydrogen-bond acceptors (Lipinski definition) is 5. The number of ether oxygens (including phenoxy) is 2. The molecule has 0 bridgehead atoms. The van der Waals surface area contributed by atoms with Gasteiger partial charge in [0, 0.05) is 6.20 Å². The van der Waals surface area contributed by atoms with Crippen molar-refractivity contribution in [1.82, 2.24) is 4.98 Å². The van der Waals surface area contributed by atoms with Gasteiger partial charge in [0.05, 0.1) is 29.0 Å². The molecule has 0 spiro atoms. The molecule has 0 saturated carbocycles. The Kier molecular flexibility index (Phi) is 4.85. The molecule has 1 aromatic heterocycles. The number of nitro groups is 1. The van der Waals surface area contributed by atoms with Crippen LogP contribution in [0.5, 0.6) is 11.5 Å². The molecule has 0 amide bonds. The minimum Gasteiger partial charge on any atom is -0.493 e. The molecule has 140 valence electrons. The first-order valence-corrected chi connectivity index (χ1v) is 7.70. The largest absolute Gasteiger partial charge is 0.493 e. The summed E-state index contributed by atoms with van der Waals surface area (Å²) < 4.78 is 49.4. The van der Waals surface area contributed by atoms with Gasteiger partial charge in [-0.1, -0.05) is 12.1 Å². The summed E-state index contributed by atoms with van der Waals surface area (Å²) in [5.41, 5.74) is -0.649. The van der Waals surface area contributed by atoms with E-state index in [-0.39, 0.29) is 29.3 Å². The fourth-order valence-electron chi connectivity index (χ4n) is 2.62. The molecule has 3 aromatic rings. The number of non-ortho nitro benzene ring substituents is 1. The van der Waals surface area contributed by atoms with Crippen molar-refractivity contribution in [3.05, 3.63) is 69.9 Å². The van der Waals surface area contributed by atoms with E-state index in [4.69, 9.17) is 9.47 Å². The second kappa shape index (κ2) is 7.10. The predicted octanol–water partition coefficient (Wildman–Crippen LogP) is 4.75. The lowest BCUT2D eigenvalue weighted by Gasteiger charge is -2.14. The Labute approximate surface area is 151 Å². The first-order valence-electron chi connectivity index (χ1n) is 7.70. The second-order valence-electron chi connectivity index (χ2n) is 5.57. The van der Waals surface area contributed by atoms with E-state index in [0.717, 1.165) is 12.1 Å². The van der Waals surface area contributed by atoms with E-state index in [0.29, 0.717) is 10.9 Å². The average Bonchev–Trinajstić information content (AvgIpc) is 2.65. The van der Waals surface area contributed by atoms with E-state index in [2.05, 4.69) is 4.98 Å². The number of hydrogen-bond donors (Lipinski definition) is 0. The highest BCUT2D eigenvalue weighted by Crippen LogP contribution is 2.40. The zero-order chi connectivity index (χ0) is 19.6. The summed E-state index contributed by atoms with van der Waals surface area (Å²) >= 11 is 0. The van der Waals surface area contributed by atoms with Gasteiger partial charge in [-0.25, -0.2) is 4.98 Å². The van der Waals surface area contributed by atoms with E-state index in [1.807, 2.05) is 0 Å². The van der Waals surface area contributed by atoms with Crippen LogP contribution in [-0.4, -0.2) is 17.0 Å². The van der Waals surface area contributed by atoms with Gasteiger partial charge in [-0.05, 0) is 29.8 Å². The van der Waals surface area contributed by atoms with Crippen LogP contribution in [0.1, 0.15) is 11.1 Å². The molecule has 1 heterocycles. The minimum absolute atomic E-state index is 0.0918. The van der Waals surface area contributed by atoms with Crippen LogP contribution in [0.15, 0.2) is 48.7 Å². The highest BCUT2D eigenvalue weighted by molar-refractivity contribution is 5.94. The molecular formula is C18H13F3N2O4. The number of benzene rings is 2. The Morgan fingerprint density at radius 1 is 1.19 bits per heavy atom. The topological polar surface area (TPSA) is 74.5 Å². The molecule has 27 heavy (non-hydrogen) atoms. The third kappa shape index (κ3) is 3.76. The quantitative estimate of drug-likeness (QED) is 0.473. The summed E-state index contributed by atoms with van der Waals surface area (Å²) in [5, 5.41) is 11.6. The van der Waals surface area contributed by atoms with Gasteiger partial charge in [-0.3, -0.25) is 10.1 Å². The number of nitrogens with zero attached hydrogens (tertiary/aromatic N) is 2. The minimum atomic E-state index is -4.46. The maximum atomic E-state index is 12.8. The van der Waals surface area contributed by atoms with E-state index in [9.17, 15) is 23.3 Å². The lowest BCUT2D eigenvalue weighted by molar-refractivity contribution is -0.383. The average molecular weight is 378 g/mol. The zero-order valence-corrected chi connectivity index (χ0v) is 14.0. The van der Waals surface area contributed by atoms with Crippen LogP contribution in [0.4, 0.5) is 18.9 Å². The zero-order valence-electron chi connectivity index (χ0n) is 14.0. The van der Waals surface area contributed by atoms with Gasteiger partial charge in [0.2, 0.25) is 0 Å². The highest BCUT2D eigenvalue weighted by Gasteiger charge is 2.30. The molecule has 9 heteroatoms. The molecule has 0 fully saturated rings. The van der Waals surface area contributed by atoms with E-state index < -0.39 is 16.7 Å². The van der Waals surface area contributed by atoms with Gasteiger partial charge in [0.15, 0.2) is 17.0 Å². The molecule has 2 aromatic carbocycles. The number of alkyl halides is 3. The Bertz CT molecular complexity index is 1010. The maximum absolute atomic E-state index is 12.8. The monoisotopic (exact) mass is 378 g/mol. The molecule has 0 N–H and O–H groups in total. The van der Waals surface area contributed by atoms with Gasteiger partial charge in [-0.15, -0.1) is 0 Å². The van der Waals surface area contributed by atoms with E-state index >= 15 is 0 Å². The lowest BCUT2D eigenvalue weighted by Crippen LogP contribution is -2.06. The molecule has 0 atom stereocenters. The summed E-state index contributed by atoms with van der Waals surface area (Å²) in [6.45, 7) is -0.178. The molecular weight excluding hydrogens is 365 g/mol. The van der Waals surface area contributed by atoms with Crippen molar-refractivity contribution in [2.75, 3.05) is 7.11 Å². The van der Waals surface area contributed by atoms with E-state index in [1.54, 1.807) is 12.1 Å². The van der Waals surface area contributed by atoms with Crippen molar-refractivity contribution in [2.45, 2.75) is 12.8 Å². The number of nitro benzene ring substituents is 1. The number of halogens is 3. The standard InChI is InChI=1S/C18H13F3N2O4/c1-26-15-9-14(23(24)25)16-13(6-3-7-22-16)17(15)27-10-11-4-2-5-12(8-11)18(19,20)21/h2-9H,10H2,1H3. The van der Waals surface area contributed by atoms with Crippen LogP contribution in [0.3, 0.4) is 0 Å². The summed E-state index contributed by atoms with van der Waals surface area (Å²) in [7, 11) is 1.32. The first kappa shape index (κ1) is 18.4. The Morgan fingerprint density at radius 2 is 1.96 bits per heavy atom. The fraction of sp³-hybridized carbons (Fsp3) is 0.167. The Hall–Kier alpha value is -3.36. The maximum Gasteiger partial charge on any atom is 0.416 e. The molecule has 0 aliphatic rings. The number of pyridine rings is 1. The number of methoxy groups -OCH3 is 1. The number of aromatic nitrogens is 1. The van der Waals surface area contributed by atoms with Crippen molar-refractivity contribution in [3.63, 3.8) is 0 Å². The second-order valence-corrected chi connectivity index (χ2v) is 5.57.